The highest BCUT2D eigenvalue weighted by atomic mass is 16.5. The van der Waals surface area contributed by atoms with Crippen molar-refractivity contribution in [3.8, 4) is 5.88 Å². The molecule has 190 valence electrons. The highest BCUT2D eigenvalue weighted by molar-refractivity contribution is 5.82. The molecular weight excluding hydrogens is 438 g/mol. The highest BCUT2D eigenvalue weighted by Gasteiger charge is 2.40. The van der Waals surface area contributed by atoms with Gasteiger partial charge >= 0.3 is 6.09 Å². The number of amides is 2. The Bertz CT molecular complexity index is 816. The second kappa shape index (κ2) is 12.9. The number of alkyl carbamates (subject to hydrolysis) is 1. The molecule has 3 rings (SSSR count). The fraction of sp³-hybridized carbons (Fsp3) is 0.720. The first kappa shape index (κ1) is 26.2. The zero-order valence-corrected chi connectivity index (χ0v) is 20.9. The molecule has 0 bridgehead atoms. The van der Waals surface area contributed by atoms with Crippen LogP contribution < -0.4 is 10.1 Å². The Kier molecular flexibility index (Phi) is 9.95. The Morgan fingerprint density at radius 2 is 2.00 bits per heavy atom. The van der Waals surface area contributed by atoms with Crippen LogP contribution in [0.1, 0.15) is 69.7 Å². The molecule has 0 aromatic carbocycles. The molecule has 2 aliphatic rings. The van der Waals surface area contributed by atoms with E-state index < -0.39 is 6.09 Å². The van der Waals surface area contributed by atoms with Gasteiger partial charge in [0.25, 0.3) is 5.91 Å². The summed E-state index contributed by atoms with van der Waals surface area (Å²) in [6, 6.07) is 4.09. The number of hydrogen-bond donors (Lipinski definition) is 1. The number of hydrogen-bond acceptors (Lipinski definition) is 7. The van der Waals surface area contributed by atoms with Gasteiger partial charge in [0.2, 0.25) is 5.88 Å². The smallest absolute Gasteiger partial charge is 0.406 e. The van der Waals surface area contributed by atoms with Crippen molar-refractivity contribution in [2.75, 3.05) is 34.0 Å². The lowest BCUT2D eigenvalue weighted by Gasteiger charge is -2.35. The Morgan fingerprint density at radius 3 is 2.68 bits per heavy atom. The minimum absolute atomic E-state index is 0.0871. The van der Waals surface area contributed by atoms with Crippen LogP contribution in [0.15, 0.2) is 12.1 Å². The van der Waals surface area contributed by atoms with E-state index in [0.29, 0.717) is 38.5 Å². The lowest BCUT2D eigenvalue weighted by Crippen LogP contribution is -2.45. The van der Waals surface area contributed by atoms with Crippen LogP contribution in [0, 0.1) is 0 Å². The van der Waals surface area contributed by atoms with E-state index in [1.807, 2.05) is 24.0 Å². The third-order valence-electron chi connectivity index (χ3n) is 6.32. The van der Waals surface area contributed by atoms with Crippen LogP contribution in [0.3, 0.4) is 0 Å². The summed E-state index contributed by atoms with van der Waals surface area (Å²) in [4.78, 5) is 31.5. The summed E-state index contributed by atoms with van der Waals surface area (Å²) in [7, 11) is 2.97. The lowest BCUT2D eigenvalue weighted by molar-refractivity contribution is -0.154. The summed E-state index contributed by atoms with van der Waals surface area (Å²) in [5.41, 5.74) is 1.84. The molecule has 1 aliphatic heterocycles. The summed E-state index contributed by atoms with van der Waals surface area (Å²) in [6.07, 6.45) is 5.50. The molecule has 1 N–H and O–H groups in total. The van der Waals surface area contributed by atoms with E-state index in [4.69, 9.17) is 14.2 Å². The molecular formula is C25H39N3O6. The molecule has 2 fully saturated rings. The van der Waals surface area contributed by atoms with Gasteiger partial charge in [-0.1, -0.05) is 0 Å². The summed E-state index contributed by atoms with van der Waals surface area (Å²) >= 11 is 0. The first-order valence-electron chi connectivity index (χ1n) is 12.3. The van der Waals surface area contributed by atoms with Crippen molar-refractivity contribution < 1.29 is 28.5 Å². The van der Waals surface area contributed by atoms with Gasteiger partial charge in [-0.25, -0.2) is 9.78 Å². The minimum atomic E-state index is -0.447. The predicted octanol–water partition coefficient (Wildman–Crippen LogP) is 3.41. The summed E-state index contributed by atoms with van der Waals surface area (Å²) in [5, 5.41) is 2.69. The summed E-state index contributed by atoms with van der Waals surface area (Å²) in [6.45, 7) is 5.45. The normalized spacial score (nSPS) is 20.9. The molecule has 0 radical (unpaired) electrons. The Morgan fingerprint density at radius 1 is 1.21 bits per heavy atom. The SMILES string of the molecule is COCCOc1cc([C@@H](C)N(C(=O)[C@H]2CCC[C@@H](C)O2)C2CC2)cc(CCCNC(=O)OC)n1. The van der Waals surface area contributed by atoms with Crippen molar-refractivity contribution in [2.24, 2.45) is 0 Å². The van der Waals surface area contributed by atoms with Crippen LogP contribution in [-0.4, -0.2) is 74.1 Å². The average Bonchev–Trinajstić information content (AvgIpc) is 3.67. The van der Waals surface area contributed by atoms with Gasteiger partial charge in [-0.3, -0.25) is 4.79 Å². The van der Waals surface area contributed by atoms with Crippen LogP contribution in [0.4, 0.5) is 4.79 Å². The van der Waals surface area contributed by atoms with Crippen molar-refractivity contribution in [1.29, 1.82) is 0 Å². The van der Waals surface area contributed by atoms with Gasteiger partial charge in [0.15, 0.2) is 0 Å². The summed E-state index contributed by atoms with van der Waals surface area (Å²) in [5.74, 6) is 0.604. The monoisotopic (exact) mass is 477 g/mol. The molecule has 1 aromatic heterocycles. The molecule has 9 nitrogen and oxygen atoms in total. The molecule has 1 aliphatic carbocycles. The number of ether oxygens (including phenoxy) is 4. The fourth-order valence-corrected chi connectivity index (χ4v) is 4.34. The van der Waals surface area contributed by atoms with Crippen molar-refractivity contribution in [3.63, 3.8) is 0 Å². The lowest BCUT2D eigenvalue weighted by atomic mass is 10.0. The van der Waals surface area contributed by atoms with Crippen LogP contribution in [0.25, 0.3) is 0 Å². The number of rotatable bonds is 12. The number of pyridine rings is 1. The van der Waals surface area contributed by atoms with E-state index in [9.17, 15) is 9.59 Å². The third kappa shape index (κ3) is 7.56. The number of aryl methyl sites for hydroxylation is 1. The van der Waals surface area contributed by atoms with Gasteiger partial charge in [0, 0.05) is 31.5 Å². The number of carbonyl (C=O) groups excluding carboxylic acids is 2. The zero-order valence-electron chi connectivity index (χ0n) is 20.9. The number of nitrogens with one attached hydrogen (secondary N) is 1. The number of carbonyl (C=O) groups is 2. The predicted molar refractivity (Wildman–Crippen MR) is 127 cm³/mol. The largest absolute Gasteiger partial charge is 0.475 e. The van der Waals surface area contributed by atoms with Gasteiger partial charge in [0.1, 0.15) is 12.7 Å². The number of nitrogens with zero attached hydrogens (tertiary/aromatic N) is 2. The van der Waals surface area contributed by atoms with Gasteiger partial charge in [0.05, 0.1) is 25.9 Å². The Hall–Kier alpha value is -2.39. The van der Waals surface area contributed by atoms with Crippen molar-refractivity contribution in [3.05, 3.63) is 23.4 Å². The minimum Gasteiger partial charge on any atom is -0.475 e. The topological polar surface area (TPSA) is 99.2 Å². The molecule has 3 atom stereocenters. The van der Waals surface area contributed by atoms with E-state index >= 15 is 0 Å². The van der Waals surface area contributed by atoms with E-state index in [1.165, 1.54) is 7.11 Å². The maximum absolute atomic E-state index is 13.5. The Labute approximate surface area is 202 Å². The molecule has 9 heteroatoms. The number of methoxy groups -OCH3 is 2. The van der Waals surface area contributed by atoms with E-state index in [1.54, 1.807) is 7.11 Å². The molecule has 34 heavy (non-hydrogen) atoms. The van der Waals surface area contributed by atoms with Crippen molar-refractivity contribution in [1.82, 2.24) is 15.2 Å². The van der Waals surface area contributed by atoms with Crippen molar-refractivity contribution >= 4 is 12.0 Å². The average molecular weight is 478 g/mol. The van der Waals surface area contributed by atoms with Crippen LogP contribution in [0.5, 0.6) is 5.88 Å². The van der Waals surface area contributed by atoms with E-state index in [2.05, 4.69) is 22.0 Å². The second-order valence-electron chi connectivity index (χ2n) is 9.11. The van der Waals surface area contributed by atoms with Gasteiger partial charge in [-0.05, 0) is 70.4 Å². The molecule has 1 aromatic rings. The Balaban J connectivity index is 1.76. The van der Waals surface area contributed by atoms with Gasteiger partial charge in [-0.15, -0.1) is 0 Å². The fourth-order valence-electron chi connectivity index (χ4n) is 4.34. The maximum Gasteiger partial charge on any atom is 0.406 e. The van der Waals surface area contributed by atoms with Gasteiger partial charge < -0.3 is 29.2 Å². The molecule has 2 heterocycles. The first-order valence-corrected chi connectivity index (χ1v) is 12.3. The molecule has 1 saturated carbocycles. The molecule has 0 unspecified atom stereocenters. The standard InChI is InChI=1S/C25H39N3O6/c1-17-7-5-9-22(34-17)24(29)28(21-10-11-21)18(2)19-15-20(8-6-12-26-25(30)32-4)27-23(16-19)33-14-13-31-3/h15-18,21-22H,5-14H2,1-4H3,(H,26,30)/t17-,18-,22-/m1/s1. The van der Waals surface area contributed by atoms with Crippen molar-refractivity contribution in [2.45, 2.75) is 83.1 Å². The zero-order chi connectivity index (χ0) is 24.5. The van der Waals surface area contributed by atoms with E-state index in [0.717, 1.165) is 43.4 Å². The molecule has 2 amide bonds. The quantitative estimate of drug-likeness (QED) is 0.461. The molecule has 1 saturated heterocycles. The van der Waals surface area contributed by atoms with Crippen LogP contribution in [0.2, 0.25) is 0 Å². The number of aromatic nitrogens is 1. The van der Waals surface area contributed by atoms with Crippen LogP contribution >= 0.6 is 0 Å². The maximum atomic E-state index is 13.5. The second-order valence-corrected chi connectivity index (χ2v) is 9.11. The highest BCUT2D eigenvalue weighted by Crippen LogP contribution is 2.37. The first-order chi connectivity index (χ1) is 16.4. The van der Waals surface area contributed by atoms with E-state index in [-0.39, 0.29) is 30.2 Å². The van der Waals surface area contributed by atoms with Gasteiger partial charge in [-0.2, -0.15) is 0 Å². The molecule has 0 spiro atoms. The summed E-state index contributed by atoms with van der Waals surface area (Å²) < 4.78 is 21.6. The third-order valence-corrected chi connectivity index (χ3v) is 6.32. The van der Waals surface area contributed by atoms with Crippen LogP contribution in [-0.2, 0) is 25.4 Å².